The van der Waals surface area contributed by atoms with E-state index in [9.17, 15) is 4.79 Å². The van der Waals surface area contributed by atoms with Crippen LogP contribution in [0.3, 0.4) is 0 Å². The van der Waals surface area contributed by atoms with Gasteiger partial charge in [-0.15, -0.1) is 0 Å². The van der Waals surface area contributed by atoms with Crippen LogP contribution >= 0.6 is 0 Å². The van der Waals surface area contributed by atoms with Crippen LogP contribution in [0.1, 0.15) is 31.2 Å². The lowest BCUT2D eigenvalue weighted by Crippen LogP contribution is -2.36. The smallest absolute Gasteiger partial charge is 0.320 e. The summed E-state index contributed by atoms with van der Waals surface area (Å²) in [7, 11) is 0. The van der Waals surface area contributed by atoms with Crippen molar-refractivity contribution in [3.8, 4) is 0 Å². The van der Waals surface area contributed by atoms with Crippen LogP contribution in [0.4, 0.5) is 0 Å². The van der Waals surface area contributed by atoms with Crippen LogP contribution in [0, 0.1) is 5.92 Å². The molecule has 0 unspecified atom stereocenters. The van der Waals surface area contributed by atoms with Gasteiger partial charge in [0.1, 0.15) is 6.04 Å². The van der Waals surface area contributed by atoms with Crippen molar-refractivity contribution in [2.24, 2.45) is 11.7 Å². The van der Waals surface area contributed by atoms with Gasteiger partial charge in [-0.1, -0.05) is 30.3 Å². The first kappa shape index (κ1) is 16.0. The predicted octanol–water partition coefficient (Wildman–Crippen LogP) is 2.13. The van der Waals surface area contributed by atoms with Crippen LogP contribution in [0.25, 0.3) is 0 Å². The Bertz CT molecular complexity index is 428. The maximum absolute atomic E-state index is 10.7. The molecule has 0 radical (unpaired) electrons. The van der Waals surface area contributed by atoms with Crippen LogP contribution in [-0.4, -0.2) is 41.7 Å². The number of aliphatic carboxylic acids is 1. The lowest BCUT2D eigenvalue weighted by molar-refractivity contribution is -0.138. The van der Waals surface area contributed by atoms with E-state index in [1.807, 2.05) is 0 Å². The summed E-state index contributed by atoms with van der Waals surface area (Å²) in [5.74, 6) is -0.110. The summed E-state index contributed by atoms with van der Waals surface area (Å²) in [5.41, 5.74) is 6.96. The van der Waals surface area contributed by atoms with Crippen molar-refractivity contribution in [2.45, 2.75) is 38.1 Å². The summed E-state index contributed by atoms with van der Waals surface area (Å²) in [6, 6.07) is 9.99. The van der Waals surface area contributed by atoms with Gasteiger partial charge in [-0.2, -0.15) is 0 Å². The molecule has 0 amide bonds. The molecule has 3 N–H and O–H groups in total. The van der Waals surface area contributed by atoms with Crippen LogP contribution in [0.15, 0.2) is 30.3 Å². The molecular weight excluding hydrogens is 264 g/mol. The number of likely N-dealkylation sites (tertiary alicyclic amines) is 1. The summed E-state index contributed by atoms with van der Waals surface area (Å²) >= 11 is 0. The summed E-state index contributed by atoms with van der Waals surface area (Å²) in [6.07, 6.45) is 5.09. The van der Waals surface area contributed by atoms with Gasteiger partial charge < -0.3 is 15.7 Å². The minimum absolute atomic E-state index is 0.569. The molecule has 1 aliphatic rings. The summed E-state index contributed by atoms with van der Waals surface area (Å²) in [5, 5.41) is 8.76. The average Bonchev–Trinajstić information content (AvgIpc) is 2.50. The number of nitrogens with zero attached hydrogens (tertiary/aromatic N) is 1. The number of carbonyl (C=O) groups is 1. The molecule has 4 heteroatoms. The van der Waals surface area contributed by atoms with Crippen LogP contribution in [0.5, 0.6) is 0 Å². The van der Waals surface area contributed by atoms with Gasteiger partial charge in [-0.05, 0) is 63.2 Å². The van der Waals surface area contributed by atoms with Crippen LogP contribution in [-0.2, 0) is 11.2 Å². The fourth-order valence-corrected chi connectivity index (χ4v) is 3.02. The zero-order valence-corrected chi connectivity index (χ0v) is 12.6. The molecule has 1 fully saturated rings. The normalized spacial score (nSPS) is 18.5. The van der Waals surface area contributed by atoms with Crippen LogP contribution in [0.2, 0.25) is 0 Å². The number of benzene rings is 1. The molecule has 1 heterocycles. The molecule has 21 heavy (non-hydrogen) atoms. The molecule has 0 bridgehead atoms. The molecule has 1 aliphatic heterocycles. The second-order valence-electron chi connectivity index (χ2n) is 6.06. The fraction of sp³-hybridized carbons (Fsp3) is 0.588. The third-order valence-corrected chi connectivity index (χ3v) is 4.38. The second-order valence-corrected chi connectivity index (χ2v) is 6.06. The highest BCUT2D eigenvalue weighted by atomic mass is 16.4. The maximum atomic E-state index is 10.7. The molecule has 1 saturated heterocycles. The zero-order chi connectivity index (χ0) is 15.1. The molecule has 1 aromatic carbocycles. The first-order valence-corrected chi connectivity index (χ1v) is 7.90. The van der Waals surface area contributed by atoms with E-state index in [0.717, 1.165) is 32.0 Å². The Hall–Kier alpha value is -1.39. The van der Waals surface area contributed by atoms with Crippen molar-refractivity contribution in [2.75, 3.05) is 19.6 Å². The number of piperidine rings is 1. The van der Waals surface area contributed by atoms with Crippen molar-refractivity contribution < 1.29 is 9.90 Å². The van der Waals surface area contributed by atoms with Gasteiger partial charge in [0.25, 0.3) is 0 Å². The highest BCUT2D eigenvalue weighted by molar-refractivity contribution is 5.72. The minimum atomic E-state index is -0.892. The topological polar surface area (TPSA) is 66.6 Å². The van der Waals surface area contributed by atoms with Gasteiger partial charge in [0, 0.05) is 0 Å². The van der Waals surface area contributed by atoms with E-state index in [-0.39, 0.29) is 0 Å². The van der Waals surface area contributed by atoms with Crippen LogP contribution < -0.4 is 5.73 Å². The summed E-state index contributed by atoms with van der Waals surface area (Å²) in [6.45, 7) is 3.22. The van der Waals surface area contributed by atoms with E-state index in [0.29, 0.717) is 6.42 Å². The monoisotopic (exact) mass is 290 g/mol. The average molecular weight is 290 g/mol. The molecule has 0 saturated carbocycles. The number of hydrogen-bond acceptors (Lipinski definition) is 3. The summed E-state index contributed by atoms with van der Waals surface area (Å²) in [4.78, 5) is 13.1. The molecular formula is C17H26N2O2. The number of carboxylic acids is 1. The van der Waals surface area contributed by atoms with E-state index in [1.165, 1.54) is 24.8 Å². The molecule has 1 atom stereocenters. The molecule has 1 aromatic rings. The molecule has 0 aromatic heterocycles. The second kappa shape index (κ2) is 8.15. The van der Waals surface area contributed by atoms with Gasteiger partial charge in [-0.3, -0.25) is 4.79 Å². The molecule has 116 valence electrons. The summed E-state index contributed by atoms with van der Waals surface area (Å²) < 4.78 is 0. The third kappa shape index (κ3) is 5.48. The van der Waals surface area contributed by atoms with Gasteiger partial charge in [0.2, 0.25) is 0 Å². The van der Waals surface area contributed by atoms with Gasteiger partial charge in [-0.25, -0.2) is 0 Å². The Balaban J connectivity index is 1.63. The number of hydrogen-bond donors (Lipinski definition) is 2. The maximum Gasteiger partial charge on any atom is 0.320 e. The fourth-order valence-electron chi connectivity index (χ4n) is 3.02. The lowest BCUT2D eigenvalue weighted by atomic mass is 9.90. The van der Waals surface area contributed by atoms with Crippen molar-refractivity contribution in [1.29, 1.82) is 0 Å². The number of rotatable bonds is 7. The van der Waals surface area contributed by atoms with E-state index in [2.05, 4.69) is 35.2 Å². The number of nitrogens with two attached hydrogens (primary N) is 1. The standard InChI is InChI=1S/C17H26N2O2/c18-16(17(20)21)7-4-10-19-11-8-15(9-12-19)13-14-5-2-1-3-6-14/h1-3,5-6,15-16H,4,7-13,18H2,(H,20,21)/t16-/m0/s1. The Morgan fingerprint density at radius 2 is 1.95 bits per heavy atom. The number of carboxylic acid groups (broad SMARTS) is 1. The largest absolute Gasteiger partial charge is 0.480 e. The SMILES string of the molecule is N[C@@H](CCCN1CCC(Cc2ccccc2)CC1)C(=O)O. The van der Waals surface area contributed by atoms with Gasteiger partial charge >= 0.3 is 5.97 Å². The first-order chi connectivity index (χ1) is 10.1. The van der Waals surface area contributed by atoms with Gasteiger partial charge in [0.15, 0.2) is 0 Å². The zero-order valence-electron chi connectivity index (χ0n) is 12.6. The predicted molar refractivity (Wildman–Crippen MR) is 84.2 cm³/mol. The first-order valence-electron chi connectivity index (χ1n) is 7.90. The highest BCUT2D eigenvalue weighted by Gasteiger charge is 2.19. The van der Waals surface area contributed by atoms with Gasteiger partial charge in [0.05, 0.1) is 0 Å². The third-order valence-electron chi connectivity index (χ3n) is 4.38. The van der Waals surface area contributed by atoms with Crippen molar-refractivity contribution >= 4 is 5.97 Å². The van der Waals surface area contributed by atoms with Crippen molar-refractivity contribution in [1.82, 2.24) is 4.90 Å². The minimum Gasteiger partial charge on any atom is -0.480 e. The quantitative estimate of drug-likeness (QED) is 0.807. The Labute approximate surface area is 126 Å². The van der Waals surface area contributed by atoms with E-state index in [4.69, 9.17) is 10.8 Å². The highest BCUT2D eigenvalue weighted by Crippen LogP contribution is 2.21. The Morgan fingerprint density at radius 3 is 2.57 bits per heavy atom. The van der Waals surface area contributed by atoms with Crippen molar-refractivity contribution in [3.63, 3.8) is 0 Å². The molecule has 2 rings (SSSR count). The Morgan fingerprint density at radius 1 is 1.29 bits per heavy atom. The molecule has 4 nitrogen and oxygen atoms in total. The van der Waals surface area contributed by atoms with Crippen molar-refractivity contribution in [3.05, 3.63) is 35.9 Å². The molecule has 0 spiro atoms. The van der Waals surface area contributed by atoms with E-state index >= 15 is 0 Å². The molecule has 0 aliphatic carbocycles. The Kier molecular flexibility index (Phi) is 6.21. The lowest BCUT2D eigenvalue weighted by Gasteiger charge is -2.32. The van der Waals surface area contributed by atoms with E-state index in [1.54, 1.807) is 0 Å². The van der Waals surface area contributed by atoms with E-state index < -0.39 is 12.0 Å².